The molecule has 1 heterocycles. The van der Waals surface area contributed by atoms with Crippen LogP contribution in [-0.4, -0.2) is 23.0 Å². The van der Waals surface area contributed by atoms with Crippen LogP contribution in [-0.2, 0) is 4.74 Å². The van der Waals surface area contributed by atoms with Crippen LogP contribution >= 0.6 is 11.6 Å². The smallest absolute Gasteiger partial charge is 0.337 e. The van der Waals surface area contributed by atoms with E-state index in [1.807, 2.05) is 0 Å². The molecule has 1 aromatic carbocycles. The molecule has 0 aliphatic carbocycles. The molecule has 0 N–H and O–H groups in total. The summed E-state index contributed by atoms with van der Waals surface area (Å²) >= 11 is 5.66. The molecule has 0 amide bonds. The lowest BCUT2D eigenvalue weighted by Gasteiger charge is -2.05. The predicted molar refractivity (Wildman–Crippen MR) is 64.9 cm³/mol. The van der Waals surface area contributed by atoms with E-state index in [9.17, 15) is 4.79 Å². The van der Waals surface area contributed by atoms with Gasteiger partial charge in [0.25, 0.3) is 0 Å². The number of ether oxygens (including phenoxy) is 2. The Hall–Kier alpha value is -2.14. The highest BCUT2D eigenvalue weighted by Crippen LogP contribution is 2.19. The third-order valence-corrected chi connectivity index (χ3v) is 2.26. The molecule has 0 aliphatic rings. The minimum Gasteiger partial charge on any atom is -0.465 e. The van der Waals surface area contributed by atoms with Crippen molar-refractivity contribution in [1.82, 2.24) is 9.97 Å². The lowest BCUT2D eigenvalue weighted by Crippen LogP contribution is -2.01. The highest BCUT2D eigenvalue weighted by atomic mass is 35.5. The van der Waals surface area contributed by atoms with Gasteiger partial charge in [0.15, 0.2) is 0 Å². The Kier molecular flexibility index (Phi) is 3.74. The van der Waals surface area contributed by atoms with E-state index in [0.29, 0.717) is 16.3 Å². The number of hydrogen-bond donors (Lipinski definition) is 0. The van der Waals surface area contributed by atoms with Gasteiger partial charge in [-0.1, -0.05) is 17.7 Å². The van der Waals surface area contributed by atoms with Gasteiger partial charge in [0.1, 0.15) is 5.75 Å². The maximum Gasteiger partial charge on any atom is 0.337 e. The second-order valence-electron chi connectivity index (χ2n) is 3.31. The van der Waals surface area contributed by atoms with Gasteiger partial charge >= 0.3 is 12.0 Å². The van der Waals surface area contributed by atoms with Crippen molar-refractivity contribution in [3.63, 3.8) is 0 Å². The third-order valence-electron chi connectivity index (χ3n) is 2.06. The summed E-state index contributed by atoms with van der Waals surface area (Å²) in [4.78, 5) is 19.1. The van der Waals surface area contributed by atoms with E-state index in [1.165, 1.54) is 19.5 Å². The second-order valence-corrected chi connectivity index (χ2v) is 3.74. The maximum absolute atomic E-state index is 11.3. The summed E-state index contributed by atoms with van der Waals surface area (Å²) in [6, 6.07) is 6.69. The molecule has 0 radical (unpaired) electrons. The molecule has 18 heavy (non-hydrogen) atoms. The molecule has 0 saturated heterocycles. The topological polar surface area (TPSA) is 61.3 Å². The van der Waals surface area contributed by atoms with Crippen LogP contribution in [0.15, 0.2) is 36.7 Å². The van der Waals surface area contributed by atoms with E-state index in [-0.39, 0.29) is 6.01 Å². The normalized spacial score (nSPS) is 9.89. The third kappa shape index (κ3) is 2.95. The van der Waals surface area contributed by atoms with E-state index in [0.717, 1.165) is 0 Å². The molecule has 0 aliphatic heterocycles. The van der Waals surface area contributed by atoms with Gasteiger partial charge in [0.05, 0.1) is 30.1 Å². The second kappa shape index (κ2) is 5.46. The number of aromatic nitrogens is 2. The minimum atomic E-state index is -0.433. The number of nitrogens with zero attached hydrogens (tertiary/aromatic N) is 2. The largest absolute Gasteiger partial charge is 0.465 e. The van der Waals surface area contributed by atoms with Crippen LogP contribution < -0.4 is 4.74 Å². The summed E-state index contributed by atoms with van der Waals surface area (Å²) in [5.74, 6) is 0.0118. The number of halogens is 1. The van der Waals surface area contributed by atoms with Crippen LogP contribution in [0.25, 0.3) is 0 Å². The first kappa shape index (κ1) is 12.3. The van der Waals surface area contributed by atoms with Crippen LogP contribution in [0.3, 0.4) is 0 Å². The Bertz CT molecular complexity index is 558. The first-order valence-corrected chi connectivity index (χ1v) is 5.40. The molecule has 0 spiro atoms. The molecular weight excluding hydrogens is 256 g/mol. The van der Waals surface area contributed by atoms with Crippen LogP contribution in [0.2, 0.25) is 5.02 Å². The van der Waals surface area contributed by atoms with Gasteiger partial charge in [0, 0.05) is 0 Å². The molecule has 5 nitrogen and oxygen atoms in total. The summed E-state index contributed by atoms with van der Waals surface area (Å²) in [5, 5.41) is 0.422. The van der Waals surface area contributed by atoms with Crippen LogP contribution in [0, 0.1) is 0 Å². The number of carbonyl (C=O) groups is 1. The molecular formula is C12H9ClN2O3. The van der Waals surface area contributed by atoms with Crippen LogP contribution in [0.5, 0.6) is 11.8 Å². The monoisotopic (exact) mass is 264 g/mol. The number of esters is 1. The summed E-state index contributed by atoms with van der Waals surface area (Å²) in [6.07, 6.45) is 2.85. The van der Waals surface area contributed by atoms with Gasteiger partial charge in [-0.3, -0.25) is 0 Å². The average Bonchev–Trinajstić information content (AvgIpc) is 2.41. The standard InChI is InChI=1S/C12H9ClN2O3/c1-17-11(16)8-3-2-4-10(5-8)18-12-14-6-9(13)7-15-12/h2-7H,1H3. The molecule has 0 atom stereocenters. The molecule has 0 fully saturated rings. The first-order valence-electron chi connectivity index (χ1n) is 5.03. The molecule has 2 aromatic rings. The van der Waals surface area contributed by atoms with Gasteiger partial charge < -0.3 is 9.47 Å². The number of benzene rings is 1. The van der Waals surface area contributed by atoms with E-state index in [2.05, 4.69) is 14.7 Å². The maximum atomic E-state index is 11.3. The molecule has 0 saturated carbocycles. The van der Waals surface area contributed by atoms with Gasteiger partial charge in [-0.15, -0.1) is 0 Å². The molecule has 0 unspecified atom stereocenters. The van der Waals surface area contributed by atoms with E-state index >= 15 is 0 Å². The number of carbonyl (C=O) groups excluding carboxylic acids is 1. The summed E-state index contributed by atoms with van der Waals surface area (Å²) in [5.41, 5.74) is 0.393. The molecule has 1 aromatic heterocycles. The highest BCUT2D eigenvalue weighted by molar-refractivity contribution is 6.30. The minimum absolute atomic E-state index is 0.154. The SMILES string of the molecule is COC(=O)c1cccc(Oc2ncc(Cl)cn2)c1. The van der Waals surface area contributed by atoms with Crippen molar-refractivity contribution >= 4 is 17.6 Å². The summed E-state index contributed by atoms with van der Waals surface area (Å²) in [7, 11) is 1.32. The highest BCUT2D eigenvalue weighted by Gasteiger charge is 2.07. The zero-order valence-corrected chi connectivity index (χ0v) is 10.2. The fourth-order valence-corrected chi connectivity index (χ4v) is 1.36. The van der Waals surface area contributed by atoms with Crippen LogP contribution in [0.4, 0.5) is 0 Å². The van der Waals surface area contributed by atoms with Crippen molar-refractivity contribution in [2.24, 2.45) is 0 Å². The zero-order valence-electron chi connectivity index (χ0n) is 9.46. The molecule has 92 valence electrons. The predicted octanol–water partition coefficient (Wildman–Crippen LogP) is 2.71. The lowest BCUT2D eigenvalue weighted by molar-refractivity contribution is 0.0600. The van der Waals surface area contributed by atoms with Crippen molar-refractivity contribution < 1.29 is 14.3 Å². The summed E-state index contributed by atoms with van der Waals surface area (Å²) < 4.78 is 9.99. The zero-order chi connectivity index (χ0) is 13.0. The number of methoxy groups -OCH3 is 1. The van der Waals surface area contributed by atoms with Crippen molar-refractivity contribution in [3.8, 4) is 11.8 Å². The summed E-state index contributed by atoms with van der Waals surface area (Å²) in [6.45, 7) is 0. The number of rotatable bonds is 3. The van der Waals surface area contributed by atoms with E-state index < -0.39 is 5.97 Å². The van der Waals surface area contributed by atoms with E-state index in [4.69, 9.17) is 16.3 Å². The Labute approximate surface area is 108 Å². The van der Waals surface area contributed by atoms with E-state index in [1.54, 1.807) is 24.3 Å². The fraction of sp³-hybridized carbons (Fsp3) is 0.0833. The Balaban J connectivity index is 2.19. The van der Waals surface area contributed by atoms with Crippen molar-refractivity contribution in [3.05, 3.63) is 47.2 Å². The van der Waals surface area contributed by atoms with Crippen molar-refractivity contribution in [2.75, 3.05) is 7.11 Å². The number of hydrogen-bond acceptors (Lipinski definition) is 5. The first-order chi connectivity index (χ1) is 8.69. The Morgan fingerprint density at radius 2 is 2.00 bits per heavy atom. The van der Waals surface area contributed by atoms with Crippen molar-refractivity contribution in [1.29, 1.82) is 0 Å². The van der Waals surface area contributed by atoms with Crippen LogP contribution in [0.1, 0.15) is 10.4 Å². The van der Waals surface area contributed by atoms with Gasteiger partial charge in [0.2, 0.25) is 0 Å². The Morgan fingerprint density at radius 1 is 1.28 bits per heavy atom. The van der Waals surface area contributed by atoms with Crippen molar-refractivity contribution in [2.45, 2.75) is 0 Å². The Morgan fingerprint density at radius 3 is 2.67 bits per heavy atom. The molecule has 2 rings (SSSR count). The van der Waals surface area contributed by atoms with Gasteiger partial charge in [-0.2, -0.15) is 0 Å². The average molecular weight is 265 g/mol. The van der Waals surface area contributed by atoms with Gasteiger partial charge in [-0.25, -0.2) is 14.8 Å². The van der Waals surface area contributed by atoms with Gasteiger partial charge in [-0.05, 0) is 18.2 Å². The molecule has 0 bridgehead atoms. The fourth-order valence-electron chi connectivity index (χ4n) is 1.26. The quantitative estimate of drug-likeness (QED) is 0.798. The lowest BCUT2D eigenvalue weighted by atomic mass is 10.2. The molecule has 6 heteroatoms.